The highest BCUT2D eigenvalue weighted by Gasteiger charge is 2.59. The largest absolute Gasteiger partial charge is 0.497 e. The van der Waals surface area contributed by atoms with Crippen LogP contribution in [0.15, 0.2) is 52.3 Å². The van der Waals surface area contributed by atoms with E-state index in [2.05, 4.69) is 37.5 Å². The number of nitriles is 1. The molecule has 8 nitrogen and oxygen atoms in total. The summed E-state index contributed by atoms with van der Waals surface area (Å²) in [5.41, 5.74) is 8.47. The normalized spacial score (nSPS) is 18.8. The van der Waals surface area contributed by atoms with Crippen molar-refractivity contribution in [3.63, 3.8) is 0 Å². The number of nitrogens with one attached hydrogen (secondary N) is 2. The number of aryl methyl sites for hydroxylation is 1. The number of anilines is 1. The van der Waals surface area contributed by atoms with E-state index in [0.717, 1.165) is 11.1 Å². The molecule has 0 fully saturated rings. The van der Waals surface area contributed by atoms with Gasteiger partial charge >= 0.3 is 0 Å². The molecule has 1 aromatic heterocycles. The first-order valence-electron chi connectivity index (χ1n) is 9.36. The van der Waals surface area contributed by atoms with Gasteiger partial charge in [-0.25, -0.2) is 0 Å². The van der Waals surface area contributed by atoms with Crippen LogP contribution in [0.25, 0.3) is 11.3 Å². The van der Waals surface area contributed by atoms with Crippen LogP contribution in [0.4, 0.5) is 5.69 Å². The van der Waals surface area contributed by atoms with Crippen molar-refractivity contribution in [2.24, 2.45) is 5.73 Å². The van der Waals surface area contributed by atoms with Gasteiger partial charge in [0.05, 0.1) is 18.4 Å². The van der Waals surface area contributed by atoms with Gasteiger partial charge in [-0.3, -0.25) is 9.89 Å². The Morgan fingerprint density at radius 1 is 1.23 bits per heavy atom. The van der Waals surface area contributed by atoms with Crippen molar-refractivity contribution in [2.75, 3.05) is 12.4 Å². The molecule has 2 aliphatic heterocycles. The second kappa shape index (κ2) is 6.62. The van der Waals surface area contributed by atoms with Crippen LogP contribution in [0, 0.1) is 18.3 Å². The molecule has 0 saturated carbocycles. The number of rotatable bonds is 2. The number of carbonyl (C=O) groups excluding carboxylic acids is 1. The molecular weight excluding hydrogens is 462 g/mol. The monoisotopic (exact) mass is 477 g/mol. The zero-order chi connectivity index (χ0) is 21.9. The minimum absolute atomic E-state index is 0.0127. The number of aromatic nitrogens is 2. The van der Waals surface area contributed by atoms with Gasteiger partial charge in [-0.1, -0.05) is 22.0 Å². The fourth-order valence-electron chi connectivity index (χ4n) is 4.28. The molecule has 1 unspecified atom stereocenters. The second-order valence-electron chi connectivity index (χ2n) is 7.28. The molecule has 2 aliphatic rings. The Kier molecular flexibility index (Phi) is 4.10. The molecule has 3 heterocycles. The van der Waals surface area contributed by atoms with Crippen molar-refractivity contribution in [3.05, 3.63) is 69.0 Å². The summed E-state index contributed by atoms with van der Waals surface area (Å²) in [5.74, 6) is 0.291. The Balaban J connectivity index is 1.89. The van der Waals surface area contributed by atoms with Gasteiger partial charge in [-0.15, -0.1) is 5.10 Å². The molecule has 154 valence electrons. The highest BCUT2D eigenvalue weighted by atomic mass is 79.9. The molecule has 0 aliphatic carbocycles. The summed E-state index contributed by atoms with van der Waals surface area (Å²) in [6.07, 6.45) is 0. The summed E-state index contributed by atoms with van der Waals surface area (Å²) in [7, 11) is 1.59. The molecule has 1 atom stereocenters. The molecule has 1 spiro atoms. The summed E-state index contributed by atoms with van der Waals surface area (Å²) >= 11 is 3.63. The van der Waals surface area contributed by atoms with Gasteiger partial charge in [0, 0.05) is 21.3 Å². The number of fused-ring (bicyclic) bond motifs is 4. The summed E-state index contributed by atoms with van der Waals surface area (Å²) in [6, 6.07) is 13.1. The van der Waals surface area contributed by atoms with Crippen molar-refractivity contribution in [1.82, 2.24) is 10.2 Å². The highest BCUT2D eigenvalue weighted by Crippen LogP contribution is 2.57. The molecule has 5 rings (SSSR count). The maximum Gasteiger partial charge on any atom is 0.245 e. The van der Waals surface area contributed by atoms with Crippen molar-refractivity contribution < 1.29 is 14.3 Å². The van der Waals surface area contributed by atoms with E-state index in [1.807, 2.05) is 31.2 Å². The number of ether oxygens (including phenoxy) is 2. The molecule has 9 heteroatoms. The maximum absolute atomic E-state index is 13.6. The summed E-state index contributed by atoms with van der Waals surface area (Å²) < 4.78 is 11.6. The number of carbonyl (C=O) groups is 1. The average molecular weight is 478 g/mol. The van der Waals surface area contributed by atoms with Gasteiger partial charge in [-0.2, -0.15) is 5.26 Å². The highest BCUT2D eigenvalue weighted by molar-refractivity contribution is 9.10. The van der Waals surface area contributed by atoms with Crippen LogP contribution >= 0.6 is 15.9 Å². The number of hydrogen-bond donors (Lipinski definition) is 3. The number of methoxy groups -OCH3 is 1. The zero-order valence-electron chi connectivity index (χ0n) is 16.5. The lowest BCUT2D eigenvalue weighted by atomic mass is 9.68. The molecule has 2 aromatic carbocycles. The second-order valence-corrected chi connectivity index (χ2v) is 8.08. The smallest absolute Gasteiger partial charge is 0.245 e. The van der Waals surface area contributed by atoms with Crippen LogP contribution in [0.5, 0.6) is 11.6 Å². The van der Waals surface area contributed by atoms with Gasteiger partial charge < -0.3 is 20.5 Å². The number of H-pyrrole nitrogens is 1. The van der Waals surface area contributed by atoms with Crippen molar-refractivity contribution in [1.29, 1.82) is 5.26 Å². The van der Waals surface area contributed by atoms with Gasteiger partial charge in [0.1, 0.15) is 22.8 Å². The Morgan fingerprint density at radius 3 is 2.65 bits per heavy atom. The number of amides is 1. The van der Waals surface area contributed by atoms with E-state index in [4.69, 9.17) is 15.2 Å². The number of nitrogens with zero attached hydrogens (tertiary/aromatic N) is 2. The van der Waals surface area contributed by atoms with E-state index in [1.165, 1.54) is 0 Å². The van der Waals surface area contributed by atoms with Gasteiger partial charge in [-0.05, 0) is 42.8 Å². The minimum Gasteiger partial charge on any atom is -0.497 e. The first kappa shape index (κ1) is 19.2. The standard InChI is InChI=1S/C22H16BrN5O3/c1-10-3-8-14-15(17(10)23)22(21(29)26-14)13(9-24)19(25)31-20-16(22)18(27-28-20)11-4-6-12(30-2)7-5-11/h3-8H,25H2,1-2H3,(H,26,29)(H,27,28). The lowest BCUT2D eigenvalue weighted by molar-refractivity contribution is -0.118. The van der Waals surface area contributed by atoms with Crippen LogP contribution in [0.3, 0.4) is 0 Å². The first-order valence-corrected chi connectivity index (χ1v) is 10.1. The third-order valence-electron chi connectivity index (χ3n) is 5.73. The van der Waals surface area contributed by atoms with Gasteiger partial charge in [0.25, 0.3) is 0 Å². The van der Waals surface area contributed by atoms with Crippen molar-refractivity contribution >= 4 is 27.5 Å². The summed E-state index contributed by atoms with van der Waals surface area (Å²) in [6.45, 7) is 1.92. The topological polar surface area (TPSA) is 126 Å². The molecule has 4 N–H and O–H groups in total. The average Bonchev–Trinajstić information content (AvgIpc) is 3.31. The Labute approximate surface area is 185 Å². The number of nitrogens with two attached hydrogens (primary N) is 1. The molecule has 31 heavy (non-hydrogen) atoms. The molecule has 0 saturated heterocycles. The molecule has 3 aromatic rings. The summed E-state index contributed by atoms with van der Waals surface area (Å²) in [4.78, 5) is 13.6. The fourth-order valence-corrected chi connectivity index (χ4v) is 4.92. The number of benzene rings is 2. The van der Waals surface area contributed by atoms with Crippen LogP contribution in [-0.2, 0) is 10.2 Å². The van der Waals surface area contributed by atoms with Crippen LogP contribution in [-0.4, -0.2) is 23.2 Å². The Morgan fingerprint density at radius 2 is 1.97 bits per heavy atom. The van der Waals surface area contributed by atoms with Crippen molar-refractivity contribution in [3.8, 4) is 29.0 Å². The Bertz CT molecular complexity index is 1340. The van der Waals surface area contributed by atoms with Crippen LogP contribution in [0.1, 0.15) is 16.7 Å². The third kappa shape index (κ3) is 2.39. The lowest BCUT2D eigenvalue weighted by Crippen LogP contribution is -2.42. The molecular formula is C22H16BrN5O3. The lowest BCUT2D eigenvalue weighted by Gasteiger charge is -2.32. The van der Waals surface area contributed by atoms with E-state index in [9.17, 15) is 10.1 Å². The first-order chi connectivity index (χ1) is 14.9. The van der Waals surface area contributed by atoms with Gasteiger partial charge in [0.2, 0.25) is 17.7 Å². The predicted molar refractivity (Wildman–Crippen MR) is 116 cm³/mol. The Hall–Kier alpha value is -3.77. The van der Waals surface area contributed by atoms with Crippen LogP contribution in [0.2, 0.25) is 0 Å². The minimum atomic E-state index is -1.52. The predicted octanol–water partition coefficient (Wildman–Crippen LogP) is 3.48. The maximum atomic E-state index is 13.6. The van der Waals surface area contributed by atoms with E-state index < -0.39 is 11.3 Å². The van der Waals surface area contributed by atoms with Crippen molar-refractivity contribution in [2.45, 2.75) is 12.3 Å². The summed E-state index contributed by atoms with van der Waals surface area (Å²) in [5, 5.41) is 20.2. The van der Waals surface area contributed by atoms with Gasteiger partial charge in [0.15, 0.2) is 0 Å². The van der Waals surface area contributed by atoms with Crippen LogP contribution < -0.4 is 20.5 Å². The molecule has 0 radical (unpaired) electrons. The molecule has 0 bridgehead atoms. The quantitative estimate of drug-likeness (QED) is 0.518. The molecule has 1 amide bonds. The van der Waals surface area contributed by atoms with E-state index in [1.54, 1.807) is 19.2 Å². The van der Waals surface area contributed by atoms with E-state index >= 15 is 0 Å². The third-order valence-corrected chi connectivity index (χ3v) is 6.75. The zero-order valence-corrected chi connectivity index (χ0v) is 18.1. The van der Waals surface area contributed by atoms with E-state index in [0.29, 0.717) is 32.7 Å². The van der Waals surface area contributed by atoms with E-state index in [-0.39, 0.29) is 17.3 Å². The number of hydrogen-bond acceptors (Lipinski definition) is 6. The number of aromatic amines is 1. The fraction of sp³-hybridized carbons (Fsp3) is 0.136. The number of halogens is 1. The SMILES string of the molecule is COc1ccc(-c2[nH]nc3c2C2(C(=O)Nc4ccc(C)c(Br)c42)C(C#N)=C(N)O3)cc1.